The highest BCUT2D eigenvalue weighted by atomic mass is 15.1. The molecule has 0 aliphatic rings. The van der Waals surface area contributed by atoms with E-state index >= 15 is 0 Å². The summed E-state index contributed by atoms with van der Waals surface area (Å²) >= 11 is 0. The Morgan fingerprint density at radius 3 is 3.00 bits per heavy atom. The van der Waals surface area contributed by atoms with Crippen LogP contribution in [0.25, 0.3) is 17.2 Å². The van der Waals surface area contributed by atoms with Crippen LogP contribution in [0.4, 0.5) is 5.82 Å². The van der Waals surface area contributed by atoms with Crippen LogP contribution in [-0.2, 0) is 0 Å². The Morgan fingerprint density at radius 1 is 1.22 bits per heavy atom. The molecule has 0 aromatic carbocycles. The van der Waals surface area contributed by atoms with E-state index in [4.69, 9.17) is 0 Å². The van der Waals surface area contributed by atoms with Gasteiger partial charge in [0.2, 0.25) is 0 Å². The molecule has 90 valence electrons. The van der Waals surface area contributed by atoms with E-state index in [2.05, 4.69) is 20.3 Å². The fourth-order valence-electron chi connectivity index (χ4n) is 1.80. The Balaban J connectivity index is 2.05. The zero-order valence-electron chi connectivity index (χ0n) is 10.0. The predicted molar refractivity (Wildman–Crippen MR) is 70.4 cm³/mol. The lowest BCUT2D eigenvalue weighted by molar-refractivity contribution is 1.11. The second kappa shape index (κ2) is 4.44. The first-order valence-electron chi connectivity index (χ1n) is 5.88. The SMILES string of the molecule is CCNc1ccnc(-c2cn3ccccc3n2)n1. The third-order valence-electron chi connectivity index (χ3n) is 2.61. The lowest BCUT2D eigenvalue weighted by atomic mass is 10.4. The van der Waals surface area contributed by atoms with Gasteiger partial charge in [0.15, 0.2) is 5.82 Å². The maximum atomic E-state index is 4.49. The van der Waals surface area contributed by atoms with E-state index in [1.165, 1.54) is 0 Å². The number of hydrogen-bond acceptors (Lipinski definition) is 4. The lowest BCUT2D eigenvalue weighted by Gasteiger charge is -2.02. The van der Waals surface area contributed by atoms with E-state index in [-0.39, 0.29) is 0 Å². The molecule has 3 aromatic heterocycles. The summed E-state index contributed by atoms with van der Waals surface area (Å²) in [6.07, 6.45) is 5.63. The highest BCUT2D eigenvalue weighted by molar-refractivity contribution is 5.57. The number of fused-ring (bicyclic) bond motifs is 1. The van der Waals surface area contributed by atoms with Gasteiger partial charge in [-0.2, -0.15) is 0 Å². The van der Waals surface area contributed by atoms with Gasteiger partial charge in [-0.05, 0) is 25.1 Å². The third kappa shape index (κ3) is 1.90. The van der Waals surface area contributed by atoms with Crippen molar-refractivity contribution in [3.8, 4) is 11.5 Å². The number of anilines is 1. The molecule has 0 unspecified atom stereocenters. The molecule has 5 heteroatoms. The summed E-state index contributed by atoms with van der Waals surface area (Å²) in [5.74, 6) is 1.46. The molecule has 0 aliphatic heterocycles. The highest BCUT2D eigenvalue weighted by Gasteiger charge is 2.07. The van der Waals surface area contributed by atoms with Gasteiger partial charge in [0.05, 0.1) is 0 Å². The summed E-state index contributed by atoms with van der Waals surface area (Å²) in [6.45, 7) is 2.87. The number of aromatic nitrogens is 4. The molecular weight excluding hydrogens is 226 g/mol. The molecule has 0 spiro atoms. The van der Waals surface area contributed by atoms with E-state index in [1.807, 2.05) is 48.0 Å². The van der Waals surface area contributed by atoms with Gasteiger partial charge in [0.1, 0.15) is 17.2 Å². The molecule has 5 nitrogen and oxygen atoms in total. The van der Waals surface area contributed by atoms with Gasteiger partial charge in [-0.1, -0.05) is 6.07 Å². The zero-order valence-corrected chi connectivity index (χ0v) is 10.0. The molecule has 0 atom stereocenters. The molecule has 3 aromatic rings. The van der Waals surface area contributed by atoms with Crippen LogP contribution in [0.1, 0.15) is 6.92 Å². The molecule has 0 fully saturated rings. The summed E-state index contributed by atoms with van der Waals surface area (Å²) in [4.78, 5) is 13.2. The Morgan fingerprint density at radius 2 is 2.17 bits per heavy atom. The second-order valence-electron chi connectivity index (χ2n) is 3.89. The molecule has 3 heterocycles. The molecule has 18 heavy (non-hydrogen) atoms. The fraction of sp³-hybridized carbons (Fsp3) is 0.154. The average molecular weight is 239 g/mol. The molecule has 3 rings (SSSR count). The van der Waals surface area contributed by atoms with Crippen molar-refractivity contribution in [2.24, 2.45) is 0 Å². The predicted octanol–water partition coefficient (Wildman–Crippen LogP) is 2.22. The first-order chi connectivity index (χ1) is 8.86. The summed E-state index contributed by atoms with van der Waals surface area (Å²) in [7, 11) is 0. The first kappa shape index (κ1) is 10.7. The number of nitrogens with one attached hydrogen (secondary N) is 1. The van der Waals surface area contributed by atoms with E-state index < -0.39 is 0 Å². The minimum Gasteiger partial charge on any atom is -0.370 e. The van der Waals surface area contributed by atoms with Gasteiger partial charge in [-0.3, -0.25) is 0 Å². The van der Waals surface area contributed by atoms with Crippen molar-refractivity contribution in [1.82, 2.24) is 19.4 Å². The van der Waals surface area contributed by atoms with Crippen molar-refractivity contribution < 1.29 is 0 Å². The van der Waals surface area contributed by atoms with Crippen molar-refractivity contribution >= 4 is 11.5 Å². The maximum absolute atomic E-state index is 4.49. The highest BCUT2D eigenvalue weighted by Crippen LogP contribution is 2.16. The van der Waals surface area contributed by atoms with Gasteiger partial charge >= 0.3 is 0 Å². The van der Waals surface area contributed by atoms with E-state index in [1.54, 1.807) is 6.20 Å². The number of nitrogens with zero attached hydrogens (tertiary/aromatic N) is 4. The molecule has 0 saturated carbocycles. The van der Waals surface area contributed by atoms with Crippen LogP contribution in [0.15, 0.2) is 42.9 Å². The smallest absolute Gasteiger partial charge is 0.181 e. The van der Waals surface area contributed by atoms with Crippen LogP contribution >= 0.6 is 0 Å². The van der Waals surface area contributed by atoms with Crippen molar-refractivity contribution in [2.75, 3.05) is 11.9 Å². The van der Waals surface area contributed by atoms with Gasteiger partial charge in [-0.25, -0.2) is 15.0 Å². The van der Waals surface area contributed by atoms with E-state index in [0.717, 1.165) is 23.7 Å². The van der Waals surface area contributed by atoms with Gasteiger partial charge in [-0.15, -0.1) is 0 Å². The average Bonchev–Trinajstić information content (AvgIpc) is 2.83. The number of hydrogen-bond donors (Lipinski definition) is 1. The minimum absolute atomic E-state index is 0.636. The molecule has 0 bridgehead atoms. The number of imidazole rings is 1. The molecule has 0 radical (unpaired) electrons. The summed E-state index contributed by atoms with van der Waals surface area (Å²) in [6, 6.07) is 7.73. The monoisotopic (exact) mass is 239 g/mol. The Kier molecular flexibility index (Phi) is 2.64. The van der Waals surface area contributed by atoms with E-state index in [9.17, 15) is 0 Å². The zero-order chi connectivity index (χ0) is 12.4. The fourth-order valence-corrected chi connectivity index (χ4v) is 1.80. The summed E-state index contributed by atoms with van der Waals surface area (Å²) in [5.41, 5.74) is 1.67. The van der Waals surface area contributed by atoms with Gasteiger partial charge in [0.25, 0.3) is 0 Å². The van der Waals surface area contributed by atoms with Crippen molar-refractivity contribution in [1.29, 1.82) is 0 Å². The first-order valence-corrected chi connectivity index (χ1v) is 5.88. The van der Waals surface area contributed by atoms with Crippen LogP contribution in [0.3, 0.4) is 0 Å². The van der Waals surface area contributed by atoms with Crippen molar-refractivity contribution in [3.05, 3.63) is 42.9 Å². The van der Waals surface area contributed by atoms with Crippen LogP contribution in [-0.4, -0.2) is 25.9 Å². The van der Waals surface area contributed by atoms with Crippen LogP contribution in [0.5, 0.6) is 0 Å². The van der Waals surface area contributed by atoms with Crippen molar-refractivity contribution in [3.63, 3.8) is 0 Å². The van der Waals surface area contributed by atoms with Crippen LogP contribution in [0, 0.1) is 0 Å². The number of rotatable bonds is 3. The normalized spacial score (nSPS) is 10.7. The number of pyridine rings is 1. The molecule has 0 saturated heterocycles. The summed E-state index contributed by atoms with van der Waals surface area (Å²) in [5, 5.41) is 3.17. The second-order valence-corrected chi connectivity index (χ2v) is 3.89. The lowest BCUT2D eigenvalue weighted by Crippen LogP contribution is -2.00. The quantitative estimate of drug-likeness (QED) is 0.761. The Bertz CT molecular complexity index is 641. The largest absolute Gasteiger partial charge is 0.370 e. The molecule has 0 aliphatic carbocycles. The van der Waals surface area contributed by atoms with Gasteiger partial charge in [0, 0.05) is 25.1 Å². The van der Waals surface area contributed by atoms with Crippen LogP contribution in [0.2, 0.25) is 0 Å². The Labute approximate surface area is 105 Å². The van der Waals surface area contributed by atoms with Gasteiger partial charge < -0.3 is 9.72 Å². The third-order valence-corrected chi connectivity index (χ3v) is 2.61. The Hall–Kier alpha value is -2.43. The molecule has 1 N–H and O–H groups in total. The minimum atomic E-state index is 0.636. The topological polar surface area (TPSA) is 55.1 Å². The standard InChI is InChI=1S/C13H13N5/c1-2-14-11-6-7-15-13(17-11)10-9-18-8-4-3-5-12(18)16-10/h3-9H,2H2,1H3,(H,14,15,17). The van der Waals surface area contributed by atoms with Crippen LogP contribution < -0.4 is 5.32 Å². The maximum Gasteiger partial charge on any atom is 0.181 e. The molecule has 0 amide bonds. The summed E-state index contributed by atoms with van der Waals surface area (Å²) < 4.78 is 1.96. The van der Waals surface area contributed by atoms with E-state index in [0.29, 0.717) is 5.82 Å². The van der Waals surface area contributed by atoms with Crippen molar-refractivity contribution in [2.45, 2.75) is 6.92 Å². The molecular formula is C13H13N5.